The number of nitrogens with two attached hydrogens (primary N) is 1. The van der Waals surface area contributed by atoms with Crippen LogP contribution in [0.4, 0.5) is 5.95 Å². The standard InChI is InChI=1S/C13H23N5S.ClH/c14-12-16-9-11(17-12)7-4-8-15-13(19)18-10-5-2-1-3-6-10;/h9-10H,1-8H2,(H3,14,16,17)(H2,15,18,19);1H. The molecule has 20 heavy (non-hydrogen) atoms. The highest BCUT2D eigenvalue weighted by Crippen LogP contribution is 2.17. The number of thiocarbonyl (C=S) groups is 1. The van der Waals surface area contributed by atoms with Gasteiger partial charge >= 0.3 is 0 Å². The van der Waals surface area contributed by atoms with Crippen LogP contribution in [-0.2, 0) is 6.42 Å². The Hall–Kier alpha value is -1.01. The number of aromatic nitrogens is 2. The number of hydrogen-bond acceptors (Lipinski definition) is 3. The van der Waals surface area contributed by atoms with Gasteiger partial charge in [-0.1, -0.05) is 19.3 Å². The van der Waals surface area contributed by atoms with Gasteiger partial charge in [0.1, 0.15) is 0 Å². The van der Waals surface area contributed by atoms with Crippen LogP contribution >= 0.6 is 24.6 Å². The summed E-state index contributed by atoms with van der Waals surface area (Å²) in [4.78, 5) is 6.99. The lowest BCUT2D eigenvalue weighted by atomic mass is 9.96. The Labute approximate surface area is 131 Å². The summed E-state index contributed by atoms with van der Waals surface area (Å²) in [6.07, 6.45) is 10.2. The summed E-state index contributed by atoms with van der Waals surface area (Å²) in [5, 5.41) is 7.45. The molecule has 2 rings (SSSR count). The third kappa shape index (κ3) is 5.96. The predicted octanol–water partition coefficient (Wildman–Crippen LogP) is 2.14. The highest BCUT2D eigenvalue weighted by atomic mass is 35.5. The van der Waals surface area contributed by atoms with Gasteiger partial charge < -0.3 is 21.4 Å². The van der Waals surface area contributed by atoms with E-state index in [1.54, 1.807) is 6.20 Å². The molecule has 1 saturated carbocycles. The molecule has 5 nitrogen and oxygen atoms in total. The smallest absolute Gasteiger partial charge is 0.197 e. The molecule has 5 N–H and O–H groups in total. The fraction of sp³-hybridized carbons (Fsp3) is 0.692. The first-order chi connectivity index (χ1) is 9.24. The highest BCUT2D eigenvalue weighted by Gasteiger charge is 2.13. The molecule has 114 valence electrons. The zero-order valence-electron chi connectivity index (χ0n) is 11.7. The molecule has 0 radical (unpaired) electrons. The number of nitrogens with one attached hydrogen (secondary N) is 3. The van der Waals surface area contributed by atoms with Crippen molar-refractivity contribution >= 4 is 35.7 Å². The summed E-state index contributed by atoms with van der Waals surface area (Å²) < 4.78 is 0. The Morgan fingerprint density at radius 2 is 2.15 bits per heavy atom. The molecule has 1 aromatic heterocycles. The average Bonchev–Trinajstić information content (AvgIpc) is 2.82. The van der Waals surface area contributed by atoms with Crippen LogP contribution in [0.15, 0.2) is 6.20 Å². The van der Waals surface area contributed by atoms with Gasteiger partial charge in [-0.05, 0) is 37.9 Å². The van der Waals surface area contributed by atoms with Crippen LogP contribution in [0.2, 0.25) is 0 Å². The summed E-state index contributed by atoms with van der Waals surface area (Å²) in [6, 6.07) is 0.571. The maximum atomic E-state index is 5.52. The van der Waals surface area contributed by atoms with Gasteiger partial charge in [0, 0.05) is 18.3 Å². The Bertz CT molecular complexity index is 403. The Morgan fingerprint density at radius 3 is 2.80 bits per heavy atom. The first-order valence-electron chi connectivity index (χ1n) is 7.08. The molecule has 1 aromatic rings. The van der Waals surface area contributed by atoms with E-state index in [4.69, 9.17) is 18.0 Å². The van der Waals surface area contributed by atoms with Gasteiger partial charge in [0.25, 0.3) is 0 Å². The van der Waals surface area contributed by atoms with E-state index in [0.717, 1.165) is 30.2 Å². The van der Waals surface area contributed by atoms with Crippen molar-refractivity contribution in [1.82, 2.24) is 20.6 Å². The van der Waals surface area contributed by atoms with Crippen LogP contribution in [0, 0.1) is 0 Å². The van der Waals surface area contributed by atoms with Gasteiger partial charge in [-0.2, -0.15) is 0 Å². The quantitative estimate of drug-likeness (QED) is 0.494. The van der Waals surface area contributed by atoms with Crippen LogP contribution in [0.3, 0.4) is 0 Å². The maximum absolute atomic E-state index is 5.52. The van der Waals surface area contributed by atoms with Gasteiger partial charge in [-0.15, -0.1) is 12.4 Å². The van der Waals surface area contributed by atoms with Gasteiger partial charge in [-0.25, -0.2) is 4.98 Å². The number of imidazole rings is 1. The molecule has 0 aliphatic heterocycles. The Morgan fingerprint density at radius 1 is 1.40 bits per heavy atom. The third-order valence-electron chi connectivity index (χ3n) is 3.50. The molecule has 1 aliphatic rings. The van der Waals surface area contributed by atoms with E-state index >= 15 is 0 Å². The van der Waals surface area contributed by atoms with Crippen molar-refractivity contribution in [2.75, 3.05) is 12.3 Å². The van der Waals surface area contributed by atoms with Gasteiger partial charge in [-0.3, -0.25) is 0 Å². The Balaban J connectivity index is 0.00000200. The summed E-state index contributed by atoms with van der Waals surface area (Å²) >= 11 is 5.31. The highest BCUT2D eigenvalue weighted by molar-refractivity contribution is 7.80. The van der Waals surface area contributed by atoms with E-state index in [2.05, 4.69) is 20.6 Å². The van der Waals surface area contributed by atoms with Crippen molar-refractivity contribution in [3.63, 3.8) is 0 Å². The summed E-state index contributed by atoms with van der Waals surface area (Å²) in [7, 11) is 0. The Kier molecular flexibility index (Phi) is 7.69. The molecule has 0 amide bonds. The van der Waals surface area contributed by atoms with Crippen LogP contribution in [0.1, 0.15) is 44.2 Å². The zero-order valence-corrected chi connectivity index (χ0v) is 13.3. The van der Waals surface area contributed by atoms with Crippen LogP contribution in [0.5, 0.6) is 0 Å². The van der Waals surface area contributed by atoms with Gasteiger partial charge in [0.15, 0.2) is 11.1 Å². The molecule has 1 fully saturated rings. The fourth-order valence-electron chi connectivity index (χ4n) is 2.47. The lowest BCUT2D eigenvalue weighted by Gasteiger charge is -2.24. The molecule has 0 spiro atoms. The molecular formula is C13H24ClN5S. The van der Waals surface area contributed by atoms with Gasteiger partial charge in [0.05, 0.1) is 6.20 Å². The van der Waals surface area contributed by atoms with Crippen molar-refractivity contribution in [1.29, 1.82) is 0 Å². The number of nitrogen functional groups attached to an aromatic ring is 1. The predicted molar refractivity (Wildman–Crippen MR) is 89.2 cm³/mol. The monoisotopic (exact) mass is 317 g/mol. The van der Waals surface area contributed by atoms with Crippen molar-refractivity contribution < 1.29 is 0 Å². The minimum absolute atomic E-state index is 0. The van der Waals surface area contributed by atoms with Gasteiger partial charge in [0.2, 0.25) is 0 Å². The summed E-state index contributed by atoms with van der Waals surface area (Å²) in [6.45, 7) is 0.872. The topological polar surface area (TPSA) is 78.8 Å². The molecule has 0 atom stereocenters. The third-order valence-corrected chi connectivity index (χ3v) is 3.76. The number of nitrogens with zero attached hydrogens (tertiary/aromatic N) is 1. The number of rotatable bonds is 5. The van der Waals surface area contributed by atoms with E-state index in [1.807, 2.05) is 0 Å². The summed E-state index contributed by atoms with van der Waals surface area (Å²) in [5.41, 5.74) is 6.60. The molecule has 0 unspecified atom stereocenters. The molecule has 7 heteroatoms. The molecule has 1 aliphatic carbocycles. The zero-order chi connectivity index (χ0) is 13.5. The average molecular weight is 318 g/mol. The number of aryl methyl sites for hydroxylation is 1. The van der Waals surface area contributed by atoms with Crippen LogP contribution < -0.4 is 16.4 Å². The molecule has 0 saturated heterocycles. The number of halogens is 1. The number of anilines is 1. The van der Waals surface area contributed by atoms with Crippen molar-refractivity contribution in [2.24, 2.45) is 0 Å². The lowest BCUT2D eigenvalue weighted by molar-refractivity contribution is 0.412. The maximum Gasteiger partial charge on any atom is 0.197 e. The van der Waals surface area contributed by atoms with E-state index < -0.39 is 0 Å². The van der Waals surface area contributed by atoms with E-state index in [9.17, 15) is 0 Å². The molecule has 0 aromatic carbocycles. The second-order valence-corrected chi connectivity index (χ2v) is 5.54. The second kappa shape index (κ2) is 9.02. The normalized spacial score (nSPS) is 15.4. The van der Waals surface area contributed by atoms with E-state index in [1.165, 1.54) is 32.1 Å². The number of aromatic amines is 1. The minimum Gasteiger partial charge on any atom is -0.369 e. The SMILES string of the molecule is Cl.Nc1ncc(CCCNC(=S)NC2CCCCC2)[nH]1. The second-order valence-electron chi connectivity index (χ2n) is 5.13. The molecular weight excluding hydrogens is 294 g/mol. The fourth-order valence-corrected chi connectivity index (χ4v) is 2.74. The van der Waals surface area contributed by atoms with Crippen LogP contribution in [-0.4, -0.2) is 27.7 Å². The first kappa shape index (κ1) is 17.0. The summed E-state index contributed by atoms with van der Waals surface area (Å²) in [5.74, 6) is 0.484. The first-order valence-corrected chi connectivity index (χ1v) is 7.48. The minimum atomic E-state index is 0. The van der Waals surface area contributed by atoms with Crippen LogP contribution in [0.25, 0.3) is 0 Å². The van der Waals surface area contributed by atoms with E-state index in [0.29, 0.717) is 12.0 Å². The largest absolute Gasteiger partial charge is 0.369 e. The van der Waals surface area contributed by atoms with Crippen molar-refractivity contribution in [2.45, 2.75) is 51.0 Å². The number of H-pyrrole nitrogens is 1. The number of hydrogen-bond donors (Lipinski definition) is 4. The van der Waals surface area contributed by atoms with Crippen molar-refractivity contribution in [3.05, 3.63) is 11.9 Å². The van der Waals surface area contributed by atoms with Crippen molar-refractivity contribution in [3.8, 4) is 0 Å². The molecule has 1 heterocycles. The lowest BCUT2D eigenvalue weighted by Crippen LogP contribution is -2.43. The molecule has 0 bridgehead atoms. The van der Waals surface area contributed by atoms with E-state index in [-0.39, 0.29) is 12.4 Å².